The van der Waals surface area contributed by atoms with E-state index in [1.165, 1.54) is 0 Å². The maximum absolute atomic E-state index is 12.6. The average molecular weight is 249 g/mol. The van der Waals surface area contributed by atoms with Gasteiger partial charge in [0, 0.05) is 5.56 Å². The number of carbonyl (C=O) groups excluding carboxylic acids is 1. The van der Waals surface area contributed by atoms with Crippen molar-refractivity contribution in [3.63, 3.8) is 0 Å². The molecule has 0 bridgehead atoms. The summed E-state index contributed by atoms with van der Waals surface area (Å²) in [5, 5.41) is 0. The Balaban J connectivity index is 2.77. The molecule has 0 saturated heterocycles. The van der Waals surface area contributed by atoms with E-state index < -0.39 is 26.5 Å². The number of Topliss-reactive ketones (excluding diaryl/α,β-unsaturated/α-hetero) is 1. The summed E-state index contributed by atoms with van der Waals surface area (Å²) in [6, 6.07) is 8.18. The fraction of sp³-hybridized carbons (Fsp3) is 0.364. The van der Waals surface area contributed by atoms with Crippen molar-refractivity contribution in [2.75, 3.05) is 25.4 Å². The highest BCUT2D eigenvalue weighted by Crippen LogP contribution is 2.59. The van der Waals surface area contributed by atoms with Gasteiger partial charge in [0.15, 0.2) is 5.78 Å². The van der Waals surface area contributed by atoms with Gasteiger partial charge in [-0.25, -0.2) is 13.2 Å². The molecule has 88 valence electrons. The van der Waals surface area contributed by atoms with E-state index in [1.54, 1.807) is 30.3 Å². The third-order valence-electron chi connectivity index (χ3n) is 2.34. The number of halogens is 3. The smallest absolute Gasteiger partial charge is 0.201 e. The highest BCUT2D eigenvalue weighted by atomic mass is 31.2. The molecule has 0 aliphatic carbocycles. The molecule has 0 unspecified atom stereocenters. The van der Waals surface area contributed by atoms with Crippen LogP contribution in [0.15, 0.2) is 30.3 Å². The minimum Gasteiger partial charge on any atom is -0.290 e. The van der Waals surface area contributed by atoms with Crippen molar-refractivity contribution in [1.29, 1.82) is 0 Å². The summed E-state index contributed by atoms with van der Waals surface area (Å²) in [7, 11) is -3.01. The Kier molecular flexibility index (Phi) is 4.94. The van der Waals surface area contributed by atoms with E-state index in [0.29, 0.717) is 5.56 Å². The van der Waals surface area contributed by atoms with E-state index in [1.807, 2.05) is 0 Å². The maximum atomic E-state index is 12.6. The van der Waals surface area contributed by atoms with Crippen LogP contribution in [0.25, 0.3) is 0 Å². The first-order valence-electron chi connectivity index (χ1n) is 4.79. The maximum Gasteiger partial charge on any atom is 0.201 e. The Bertz CT molecular complexity index is 330. The summed E-state index contributed by atoms with van der Waals surface area (Å²) < 4.78 is 37.8. The molecule has 1 nitrogen and oxygen atoms in total. The molecule has 0 heterocycles. The zero-order chi connectivity index (χ0) is 12.0. The van der Waals surface area contributed by atoms with Crippen LogP contribution in [0.1, 0.15) is 10.4 Å². The molecule has 0 fully saturated rings. The molecule has 5 heteroatoms. The number of hydrogen-bond acceptors (Lipinski definition) is 1. The van der Waals surface area contributed by atoms with Crippen LogP contribution in [0.5, 0.6) is 0 Å². The second kappa shape index (κ2) is 6.00. The van der Waals surface area contributed by atoms with Crippen LogP contribution in [-0.4, -0.2) is 31.2 Å². The molecule has 0 saturated carbocycles. The third-order valence-corrected chi connectivity index (χ3v) is 4.81. The average Bonchev–Trinajstić information content (AvgIpc) is 2.37. The van der Waals surface area contributed by atoms with Gasteiger partial charge in [0.1, 0.15) is 13.4 Å². The second-order valence-corrected chi connectivity index (χ2v) is 7.36. The summed E-state index contributed by atoms with van der Waals surface area (Å²) in [5.74, 6) is -0.387. The van der Waals surface area contributed by atoms with Gasteiger partial charge in [0.05, 0.1) is 0 Å². The molecule has 0 amide bonds. The number of rotatable bonds is 6. The molecule has 1 aromatic rings. The molecule has 0 aliphatic rings. The number of ketones is 1. The number of alkyl halides is 3. The Morgan fingerprint density at radius 3 is 1.94 bits per heavy atom. The molecular weight excluding hydrogens is 236 g/mol. The van der Waals surface area contributed by atoms with Crippen LogP contribution in [0.4, 0.5) is 13.2 Å². The molecule has 0 aliphatic heterocycles. The van der Waals surface area contributed by atoms with Gasteiger partial charge in [-0.15, -0.1) is 0 Å². The third kappa shape index (κ3) is 3.05. The lowest BCUT2D eigenvalue weighted by atomic mass is 10.2. The van der Waals surface area contributed by atoms with E-state index in [4.69, 9.17) is 0 Å². The summed E-state index contributed by atoms with van der Waals surface area (Å²) in [6.45, 7) is 0. The zero-order valence-electron chi connectivity index (χ0n) is 8.70. The van der Waals surface area contributed by atoms with Gasteiger partial charge in [0.2, 0.25) is 19.2 Å². The van der Waals surface area contributed by atoms with Gasteiger partial charge in [-0.3, -0.25) is 4.79 Å². The molecule has 0 spiro atoms. The topological polar surface area (TPSA) is 17.1 Å². The van der Waals surface area contributed by atoms with Crippen molar-refractivity contribution in [2.45, 2.75) is 0 Å². The van der Waals surface area contributed by atoms with Crippen LogP contribution in [0, 0.1) is 0 Å². The lowest BCUT2D eigenvalue weighted by Gasteiger charge is -2.15. The lowest BCUT2D eigenvalue weighted by Crippen LogP contribution is -2.14. The number of hydrogen-bond donors (Lipinski definition) is 0. The zero-order valence-corrected chi connectivity index (χ0v) is 9.60. The first kappa shape index (κ1) is 13.2. The van der Waals surface area contributed by atoms with Gasteiger partial charge in [-0.05, 0) is 0 Å². The predicted octanol–water partition coefficient (Wildman–Crippen LogP) is 3.67. The fourth-order valence-corrected chi connectivity index (χ4v) is 2.48. The Labute approximate surface area is 93.0 Å². The van der Waals surface area contributed by atoms with E-state index in [2.05, 4.69) is 0 Å². The minimum atomic E-state index is -3.01. The number of carbonyl (C=O) groups is 1. The standard InChI is InChI=1S/C11H13F3OP/c12-7-16(8-13,9-14)6-11(15)10-4-2-1-3-5-10/h1-5H,6-9H2/q+1. The molecule has 1 aromatic carbocycles. The highest BCUT2D eigenvalue weighted by molar-refractivity contribution is 7.76. The van der Waals surface area contributed by atoms with E-state index in [0.717, 1.165) is 0 Å². The fourth-order valence-electron chi connectivity index (χ4n) is 1.24. The van der Waals surface area contributed by atoms with Crippen LogP contribution < -0.4 is 0 Å². The Morgan fingerprint density at radius 1 is 1.00 bits per heavy atom. The molecule has 16 heavy (non-hydrogen) atoms. The lowest BCUT2D eigenvalue weighted by molar-refractivity contribution is 0.102. The quantitative estimate of drug-likeness (QED) is 0.555. The Morgan fingerprint density at radius 2 is 1.50 bits per heavy atom. The van der Waals surface area contributed by atoms with Gasteiger partial charge in [-0.1, -0.05) is 30.3 Å². The summed E-state index contributed by atoms with van der Waals surface area (Å²) >= 11 is 0. The molecule has 0 radical (unpaired) electrons. The largest absolute Gasteiger partial charge is 0.290 e. The number of benzene rings is 1. The second-order valence-electron chi connectivity index (χ2n) is 3.65. The van der Waals surface area contributed by atoms with E-state index in [-0.39, 0.29) is 11.9 Å². The molecule has 0 N–H and O–H groups in total. The van der Waals surface area contributed by atoms with E-state index in [9.17, 15) is 18.0 Å². The SMILES string of the molecule is O=C(C[P+](CF)(CF)CF)c1ccccc1. The van der Waals surface area contributed by atoms with Gasteiger partial charge in [-0.2, -0.15) is 0 Å². The first-order chi connectivity index (χ1) is 7.67. The molecule has 0 atom stereocenters. The monoisotopic (exact) mass is 249 g/mol. The predicted molar refractivity (Wildman–Crippen MR) is 60.5 cm³/mol. The van der Waals surface area contributed by atoms with E-state index >= 15 is 0 Å². The van der Waals surface area contributed by atoms with Crippen LogP contribution >= 0.6 is 7.26 Å². The van der Waals surface area contributed by atoms with Crippen molar-refractivity contribution in [2.24, 2.45) is 0 Å². The van der Waals surface area contributed by atoms with Crippen LogP contribution in [0.2, 0.25) is 0 Å². The Hall–Kier alpha value is -0.890. The van der Waals surface area contributed by atoms with Gasteiger partial charge < -0.3 is 0 Å². The summed E-state index contributed by atoms with van der Waals surface area (Å²) in [6.07, 6.45) is -3.50. The van der Waals surface area contributed by atoms with Gasteiger partial charge >= 0.3 is 0 Å². The first-order valence-corrected chi connectivity index (χ1v) is 7.31. The van der Waals surface area contributed by atoms with Crippen molar-refractivity contribution in [1.82, 2.24) is 0 Å². The normalized spacial score (nSPS) is 11.4. The van der Waals surface area contributed by atoms with Crippen molar-refractivity contribution >= 4 is 13.0 Å². The summed E-state index contributed by atoms with van der Waals surface area (Å²) in [4.78, 5) is 11.7. The molecular formula is C11H13F3OP+. The molecule has 1 rings (SSSR count). The minimum absolute atomic E-state index is 0.333. The highest BCUT2D eigenvalue weighted by Gasteiger charge is 2.41. The van der Waals surface area contributed by atoms with Crippen molar-refractivity contribution in [3.8, 4) is 0 Å². The van der Waals surface area contributed by atoms with Crippen molar-refractivity contribution in [3.05, 3.63) is 35.9 Å². The van der Waals surface area contributed by atoms with Crippen molar-refractivity contribution < 1.29 is 18.0 Å². The summed E-state index contributed by atoms with van der Waals surface area (Å²) in [5.41, 5.74) is 0.377. The van der Waals surface area contributed by atoms with Crippen LogP contribution in [-0.2, 0) is 0 Å². The van der Waals surface area contributed by atoms with Gasteiger partial charge in [0.25, 0.3) is 0 Å². The van der Waals surface area contributed by atoms with Crippen LogP contribution in [0.3, 0.4) is 0 Å². The molecule has 0 aromatic heterocycles.